The Labute approximate surface area is 135 Å². The average molecular weight is 305 g/mol. The van der Waals surface area contributed by atoms with Crippen molar-refractivity contribution < 1.29 is 4.79 Å². The minimum absolute atomic E-state index is 0.198. The molecule has 1 heterocycles. The van der Waals surface area contributed by atoms with Crippen LogP contribution in [0.2, 0.25) is 0 Å². The van der Waals surface area contributed by atoms with Gasteiger partial charge in [-0.15, -0.1) is 0 Å². The maximum atomic E-state index is 12.3. The fraction of sp³-hybridized carbons (Fsp3) is 0.158. The number of hydrogen-bond donors (Lipinski definition) is 2. The molecule has 0 aliphatic rings. The number of hydrogen-bond acceptors (Lipinski definition) is 3. The average Bonchev–Trinajstić information content (AvgIpc) is 2.59. The molecule has 3 N–H and O–H groups in total. The Morgan fingerprint density at radius 3 is 2.65 bits per heavy atom. The first-order chi connectivity index (χ1) is 11.2. The van der Waals surface area contributed by atoms with Crippen molar-refractivity contribution in [2.45, 2.75) is 6.92 Å². The second-order valence-electron chi connectivity index (χ2n) is 5.44. The van der Waals surface area contributed by atoms with E-state index in [-0.39, 0.29) is 5.91 Å². The molecule has 4 heteroatoms. The van der Waals surface area contributed by atoms with E-state index in [1.54, 1.807) is 0 Å². The topological polar surface area (TPSA) is 68.0 Å². The van der Waals surface area contributed by atoms with Gasteiger partial charge in [0.2, 0.25) is 0 Å². The number of nitrogens with one attached hydrogen (secondary N) is 1. The van der Waals surface area contributed by atoms with Crippen molar-refractivity contribution in [3.8, 4) is 11.3 Å². The lowest BCUT2D eigenvalue weighted by Crippen LogP contribution is -2.29. The summed E-state index contributed by atoms with van der Waals surface area (Å²) in [5, 5.41) is 4.82. The lowest BCUT2D eigenvalue weighted by molar-refractivity contribution is 0.0950. The van der Waals surface area contributed by atoms with Crippen LogP contribution in [0.5, 0.6) is 0 Å². The van der Waals surface area contributed by atoms with E-state index in [1.807, 2.05) is 61.5 Å². The number of fused-ring (bicyclic) bond motifs is 1. The van der Waals surface area contributed by atoms with Crippen molar-refractivity contribution in [3.05, 3.63) is 65.9 Å². The molecule has 0 aliphatic carbocycles. The summed E-state index contributed by atoms with van der Waals surface area (Å²) in [6, 6.07) is 17.9. The standard InChI is InChI=1S/C19H19N3O/c1-13-6-2-4-8-15(13)18-16-9-5-3-7-14(16)12-17(22-18)19(23)21-11-10-20/h2-9,12H,10-11,20H2,1H3,(H,21,23). The molecule has 1 amide bonds. The molecule has 0 aliphatic heterocycles. The van der Waals surface area contributed by atoms with Crippen LogP contribution < -0.4 is 11.1 Å². The van der Waals surface area contributed by atoms with Crippen LogP contribution in [0.4, 0.5) is 0 Å². The number of benzene rings is 2. The van der Waals surface area contributed by atoms with Crippen molar-refractivity contribution >= 4 is 16.7 Å². The van der Waals surface area contributed by atoms with E-state index in [0.717, 1.165) is 27.6 Å². The molecule has 0 bridgehead atoms. The van der Waals surface area contributed by atoms with Crippen molar-refractivity contribution in [2.75, 3.05) is 13.1 Å². The summed E-state index contributed by atoms with van der Waals surface area (Å²) in [6.45, 7) is 2.89. The highest BCUT2D eigenvalue weighted by atomic mass is 16.1. The number of aryl methyl sites for hydroxylation is 1. The summed E-state index contributed by atoms with van der Waals surface area (Å²) in [7, 11) is 0. The zero-order valence-electron chi connectivity index (χ0n) is 13.0. The molecule has 23 heavy (non-hydrogen) atoms. The molecule has 2 aromatic carbocycles. The van der Waals surface area contributed by atoms with Crippen LogP contribution in [-0.4, -0.2) is 24.0 Å². The van der Waals surface area contributed by atoms with E-state index in [4.69, 9.17) is 5.73 Å². The third-order valence-electron chi connectivity index (χ3n) is 3.80. The van der Waals surface area contributed by atoms with Crippen molar-refractivity contribution in [3.63, 3.8) is 0 Å². The smallest absolute Gasteiger partial charge is 0.269 e. The predicted octanol–water partition coefficient (Wildman–Crippen LogP) is 2.90. The summed E-state index contributed by atoms with van der Waals surface area (Å²) in [6.07, 6.45) is 0. The van der Waals surface area contributed by atoms with Gasteiger partial charge in [-0.05, 0) is 23.9 Å². The van der Waals surface area contributed by atoms with Crippen LogP contribution in [0, 0.1) is 6.92 Å². The fourth-order valence-electron chi connectivity index (χ4n) is 2.64. The monoisotopic (exact) mass is 305 g/mol. The largest absolute Gasteiger partial charge is 0.349 e. The molecule has 1 aromatic heterocycles. The molecule has 0 saturated carbocycles. The SMILES string of the molecule is Cc1ccccc1-c1nc(C(=O)NCCN)cc2ccccc12. The Morgan fingerprint density at radius 1 is 1.13 bits per heavy atom. The molecule has 0 unspecified atom stereocenters. The Hall–Kier alpha value is -2.72. The lowest BCUT2D eigenvalue weighted by atomic mass is 9.99. The van der Waals surface area contributed by atoms with E-state index in [1.165, 1.54) is 0 Å². The molecule has 3 aromatic rings. The van der Waals surface area contributed by atoms with Crippen LogP contribution in [0.3, 0.4) is 0 Å². The van der Waals surface area contributed by atoms with E-state index in [0.29, 0.717) is 18.8 Å². The number of aromatic nitrogens is 1. The second-order valence-corrected chi connectivity index (χ2v) is 5.44. The molecule has 116 valence electrons. The number of carbonyl (C=O) groups excluding carboxylic acids is 1. The summed E-state index contributed by atoms with van der Waals surface area (Å²) < 4.78 is 0. The number of nitrogens with zero attached hydrogens (tertiary/aromatic N) is 1. The van der Waals surface area contributed by atoms with Crippen LogP contribution in [0.25, 0.3) is 22.0 Å². The van der Waals surface area contributed by atoms with E-state index in [9.17, 15) is 4.79 Å². The van der Waals surface area contributed by atoms with Crippen molar-refractivity contribution in [1.29, 1.82) is 0 Å². The van der Waals surface area contributed by atoms with Crippen LogP contribution >= 0.6 is 0 Å². The van der Waals surface area contributed by atoms with Crippen molar-refractivity contribution in [2.24, 2.45) is 5.73 Å². The number of pyridine rings is 1. The number of amides is 1. The molecule has 0 atom stereocenters. The van der Waals surface area contributed by atoms with Gasteiger partial charge in [0.15, 0.2) is 0 Å². The summed E-state index contributed by atoms with van der Waals surface area (Å²) in [4.78, 5) is 16.9. The summed E-state index contributed by atoms with van der Waals surface area (Å²) >= 11 is 0. The molecule has 0 saturated heterocycles. The van der Waals surface area contributed by atoms with Gasteiger partial charge in [0, 0.05) is 24.0 Å². The lowest BCUT2D eigenvalue weighted by Gasteiger charge is -2.11. The maximum absolute atomic E-state index is 12.3. The molecule has 0 spiro atoms. The van der Waals surface area contributed by atoms with Gasteiger partial charge in [-0.2, -0.15) is 0 Å². The minimum Gasteiger partial charge on any atom is -0.349 e. The highest BCUT2D eigenvalue weighted by molar-refractivity contribution is 6.01. The first kappa shape index (κ1) is 15.2. The highest BCUT2D eigenvalue weighted by Crippen LogP contribution is 2.29. The Morgan fingerprint density at radius 2 is 1.87 bits per heavy atom. The van der Waals surface area contributed by atoms with Gasteiger partial charge in [-0.25, -0.2) is 4.98 Å². The van der Waals surface area contributed by atoms with Gasteiger partial charge in [-0.3, -0.25) is 4.79 Å². The molecule has 0 fully saturated rings. The molecular weight excluding hydrogens is 286 g/mol. The normalized spacial score (nSPS) is 10.7. The summed E-state index contributed by atoms with van der Waals surface area (Å²) in [5.74, 6) is -0.198. The van der Waals surface area contributed by atoms with Crippen molar-refractivity contribution in [1.82, 2.24) is 10.3 Å². The first-order valence-electron chi connectivity index (χ1n) is 7.65. The first-order valence-corrected chi connectivity index (χ1v) is 7.65. The Bertz CT molecular complexity index is 858. The number of carbonyl (C=O) groups is 1. The van der Waals surface area contributed by atoms with E-state index >= 15 is 0 Å². The maximum Gasteiger partial charge on any atom is 0.269 e. The van der Waals surface area contributed by atoms with Gasteiger partial charge >= 0.3 is 0 Å². The Kier molecular flexibility index (Phi) is 4.35. The molecule has 0 radical (unpaired) electrons. The number of rotatable bonds is 4. The van der Waals surface area contributed by atoms with Gasteiger partial charge < -0.3 is 11.1 Å². The second kappa shape index (κ2) is 6.58. The minimum atomic E-state index is -0.198. The molecule has 4 nitrogen and oxygen atoms in total. The molecule has 3 rings (SSSR count). The van der Waals surface area contributed by atoms with E-state index < -0.39 is 0 Å². The summed E-state index contributed by atoms with van der Waals surface area (Å²) in [5.41, 5.74) is 8.86. The van der Waals surface area contributed by atoms with Crippen LogP contribution in [0.15, 0.2) is 54.6 Å². The van der Waals surface area contributed by atoms with Gasteiger partial charge in [0.1, 0.15) is 5.69 Å². The zero-order valence-corrected chi connectivity index (χ0v) is 13.0. The molecular formula is C19H19N3O. The zero-order chi connectivity index (χ0) is 16.2. The Balaban J connectivity index is 2.19. The van der Waals surface area contributed by atoms with E-state index in [2.05, 4.69) is 10.3 Å². The van der Waals surface area contributed by atoms with Gasteiger partial charge in [-0.1, -0.05) is 48.5 Å². The van der Waals surface area contributed by atoms with Crippen LogP contribution in [0.1, 0.15) is 16.1 Å². The third kappa shape index (κ3) is 3.07. The number of nitrogens with two attached hydrogens (primary N) is 1. The third-order valence-corrected chi connectivity index (χ3v) is 3.80. The van der Waals surface area contributed by atoms with Gasteiger partial charge in [0.05, 0.1) is 5.69 Å². The fourth-order valence-corrected chi connectivity index (χ4v) is 2.64. The van der Waals surface area contributed by atoms with Gasteiger partial charge in [0.25, 0.3) is 5.91 Å². The van der Waals surface area contributed by atoms with Crippen LogP contribution in [-0.2, 0) is 0 Å². The predicted molar refractivity (Wildman–Crippen MR) is 93.3 cm³/mol. The highest BCUT2D eigenvalue weighted by Gasteiger charge is 2.14. The quantitative estimate of drug-likeness (QED) is 0.779.